The zero-order chi connectivity index (χ0) is 15.8. The summed E-state index contributed by atoms with van der Waals surface area (Å²) in [5.74, 6) is -0.559. The van der Waals surface area contributed by atoms with E-state index >= 15 is 0 Å². The molecule has 0 spiro atoms. The standard InChI is InChI=1S/C15H24N2O3S/c1-4-6-7-8-9-17-14-11(15(19)20-3)12(16)13(21-14)10(18)5-2/h17H,4-9,16H2,1-3H3. The van der Waals surface area contributed by atoms with Crippen LogP contribution in [0.5, 0.6) is 0 Å². The highest BCUT2D eigenvalue weighted by Gasteiger charge is 2.25. The Morgan fingerprint density at radius 3 is 2.52 bits per heavy atom. The van der Waals surface area contributed by atoms with Gasteiger partial charge < -0.3 is 15.8 Å². The molecule has 21 heavy (non-hydrogen) atoms. The van der Waals surface area contributed by atoms with Gasteiger partial charge in [-0.05, 0) is 6.42 Å². The van der Waals surface area contributed by atoms with Gasteiger partial charge in [0.2, 0.25) is 0 Å². The molecule has 0 saturated carbocycles. The van der Waals surface area contributed by atoms with Crippen molar-refractivity contribution in [2.75, 3.05) is 24.7 Å². The lowest BCUT2D eigenvalue weighted by Crippen LogP contribution is -2.09. The van der Waals surface area contributed by atoms with Crippen molar-refractivity contribution in [1.29, 1.82) is 0 Å². The molecule has 0 radical (unpaired) electrons. The third kappa shape index (κ3) is 4.46. The zero-order valence-corrected chi connectivity index (χ0v) is 13.8. The summed E-state index contributed by atoms with van der Waals surface area (Å²) < 4.78 is 4.77. The van der Waals surface area contributed by atoms with Gasteiger partial charge in [-0.15, -0.1) is 11.3 Å². The number of Topliss-reactive ketones (excluding diaryl/α,β-unsaturated/α-hetero) is 1. The molecule has 0 aromatic carbocycles. The fourth-order valence-electron chi connectivity index (χ4n) is 1.99. The minimum Gasteiger partial charge on any atom is -0.465 e. The summed E-state index contributed by atoms with van der Waals surface area (Å²) in [5.41, 5.74) is 6.48. The predicted octanol–water partition coefficient (Wildman–Crippen LogP) is 3.70. The summed E-state index contributed by atoms with van der Waals surface area (Å²) in [5, 5.41) is 3.85. The van der Waals surface area contributed by atoms with E-state index in [0.29, 0.717) is 16.3 Å². The number of carbonyl (C=O) groups is 2. The lowest BCUT2D eigenvalue weighted by molar-refractivity contribution is 0.0603. The summed E-state index contributed by atoms with van der Waals surface area (Å²) in [6.45, 7) is 4.69. The highest BCUT2D eigenvalue weighted by molar-refractivity contribution is 7.19. The number of nitrogens with one attached hydrogen (secondary N) is 1. The maximum Gasteiger partial charge on any atom is 0.343 e. The van der Waals surface area contributed by atoms with Gasteiger partial charge in [-0.25, -0.2) is 4.79 Å². The Labute approximate surface area is 129 Å². The van der Waals surface area contributed by atoms with Crippen molar-refractivity contribution >= 4 is 33.8 Å². The van der Waals surface area contributed by atoms with Gasteiger partial charge in [0.1, 0.15) is 10.6 Å². The number of anilines is 2. The fraction of sp³-hybridized carbons (Fsp3) is 0.600. The Morgan fingerprint density at radius 2 is 1.95 bits per heavy atom. The highest BCUT2D eigenvalue weighted by atomic mass is 32.1. The van der Waals surface area contributed by atoms with E-state index in [1.165, 1.54) is 31.3 Å². The molecule has 1 aromatic heterocycles. The van der Waals surface area contributed by atoms with Crippen LogP contribution in [0.4, 0.5) is 10.7 Å². The Morgan fingerprint density at radius 1 is 1.24 bits per heavy atom. The number of ether oxygens (including phenoxy) is 1. The number of thiophene rings is 1. The smallest absolute Gasteiger partial charge is 0.343 e. The summed E-state index contributed by atoms with van der Waals surface area (Å²) in [6.07, 6.45) is 4.88. The van der Waals surface area contributed by atoms with Gasteiger partial charge in [-0.3, -0.25) is 4.79 Å². The monoisotopic (exact) mass is 312 g/mol. The van der Waals surface area contributed by atoms with Crippen molar-refractivity contribution in [3.63, 3.8) is 0 Å². The van der Waals surface area contributed by atoms with E-state index in [1.54, 1.807) is 6.92 Å². The average Bonchev–Trinajstić information content (AvgIpc) is 2.82. The number of methoxy groups -OCH3 is 1. The molecule has 0 unspecified atom stereocenters. The predicted molar refractivity (Wildman–Crippen MR) is 87.3 cm³/mol. The molecule has 1 rings (SSSR count). The topological polar surface area (TPSA) is 81.4 Å². The molecule has 0 atom stereocenters. The number of nitrogens with two attached hydrogens (primary N) is 1. The molecule has 6 heteroatoms. The van der Waals surface area contributed by atoms with E-state index in [4.69, 9.17) is 10.5 Å². The molecule has 118 valence electrons. The number of hydrogen-bond acceptors (Lipinski definition) is 6. The largest absolute Gasteiger partial charge is 0.465 e. The number of ketones is 1. The SMILES string of the molecule is CCCCCCNc1sc(C(=O)CC)c(N)c1C(=O)OC. The zero-order valence-electron chi connectivity index (χ0n) is 13.0. The lowest BCUT2D eigenvalue weighted by atomic mass is 10.1. The van der Waals surface area contributed by atoms with E-state index in [2.05, 4.69) is 12.2 Å². The van der Waals surface area contributed by atoms with Crippen molar-refractivity contribution in [1.82, 2.24) is 0 Å². The van der Waals surface area contributed by atoms with Crippen LogP contribution in [0.1, 0.15) is 66.0 Å². The van der Waals surface area contributed by atoms with Crippen LogP contribution in [0.25, 0.3) is 0 Å². The van der Waals surface area contributed by atoms with Crippen LogP contribution < -0.4 is 11.1 Å². The Kier molecular flexibility index (Phi) is 7.22. The minimum atomic E-state index is -0.505. The van der Waals surface area contributed by atoms with Crippen LogP contribution in [0.2, 0.25) is 0 Å². The molecular formula is C15H24N2O3S. The van der Waals surface area contributed by atoms with Gasteiger partial charge >= 0.3 is 5.97 Å². The molecular weight excluding hydrogens is 288 g/mol. The van der Waals surface area contributed by atoms with Crippen LogP contribution in [0.15, 0.2) is 0 Å². The molecule has 1 heterocycles. The molecule has 0 amide bonds. The van der Waals surface area contributed by atoms with Gasteiger partial charge in [-0.1, -0.05) is 33.1 Å². The van der Waals surface area contributed by atoms with Gasteiger partial charge in [0.15, 0.2) is 5.78 Å². The molecule has 0 bridgehead atoms. The van der Waals surface area contributed by atoms with Crippen LogP contribution in [-0.4, -0.2) is 25.4 Å². The molecule has 1 aromatic rings. The molecule has 3 N–H and O–H groups in total. The van der Waals surface area contributed by atoms with Gasteiger partial charge in [0.25, 0.3) is 0 Å². The highest BCUT2D eigenvalue weighted by Crippen LogP contribution is 2.37. The minimum absolute atomic E-state index is 0.0540. The van der Waals surface area contributed by atoms with E-state index < -0.39 is 5.97 Å². The Balaban J connectivity index is 2.90. The van der Waals surface area contributed by atoms with Crippen LogP contribution in [-0.2, 0) is 4.74 Å². The molecule has 0 fully saturated rings. The second-order valence-corrected chi connectivity index (χ2v) is 5.83. The second kappa shape index (κ2) is 8.67. The number of esters is 1. The fourth-order valence-corrected chi connectivity index (χ4v) is 3.14. The number of rotatable bonds is 9. The molecule has 5 nitrogen and oxygen atoms in total. The van der Waals surface area contributed by atoms with Crippen LogP contribution in [0, 0.1) is 0 Å². The summed E-state index contributed by atoms with van der Waals surface area (Å²) >= 11 is 1.24. The Hall–Kier alpha value is -1.56. The number of hydrogen-bond donors (Lipinski definition) is 2. The van der Waals surface area contributed by atoms with Crippen LogP contribution >= 0.6 is 11.3 Å². The quantitative estimate of drug-likeness (QED) is 0.413. The maximum atomic E-state index is 11.9. The number of unbranched alkanes of at least 4 members (excludes halogenated alkanes) is 3. The number of nitrogen functional groups attached to an aromatic ring is 1. The summed E-state index contributed by atoms with van der Waals surface area (Å²) in [4.78, 5) is 24.2. The first kappa shape index (κ1) is 17.5. The van der Waals surface area contributed by atoms with E-state index in [9.17, 15) is 9.59 Å². The molecule has 0 saturated heterocycles. The van der Waals surface area contributed by atoms with Gasteiger partial charge in [0, 0.05) is 13.0 Å². The summed E-state index contributed by atoms with van der Waals surface area (Å²) in [7, 11) is 1.31. The normalized spacial score (nSPS) is 10.4. The maximum absolute atomic E-state index is 11.9. The van der Waals surface area contributed by atoms with Crippen molar-refractivity contribution in [3.8, 4) is 0 Å². The van der Waals surface area contributed by atoms with E-state index in [0.717, 1.165) is 19.4 Å². The lowest BCUT2D eigenvalue weighted by Gasteiger charge is -2.06. The van der Waals surface area contributed by atoms with E-state index in [-0.39, 0.29) is 17.0 Å². The van der Waals surface area contributed by atoms with Crippen molar-refractivity contribution in [2.24, 2.45) is 0 Å². The third-order valence-corrected chi connectivity index (χ3v) is 4.43. The second-order valence-electron chi connectivity index (χ2n) is 4.80. The van der Waals surface area contributed by atoms with Crippen molar-refractivity contribution < 1.29 is 14.3 Å². The first-order valence-corrected chi connectivity index (χ1v) is 8.16. The van der Waals surface area contributed by atoms with Crippen LogP contribution in [0.3, 0.4) is 0 Å². The first-order valence-electron chi connectivity index (χ1n) is 7.34. The van der Waals surface area contributed by atoms with Gasteiger partial charge in [0.05, 0.1) is 17.7 Å². The average molecular weight is 312 g/mol. The van der Waals surface area contributed by atoms with Gasteiger partial charge in [-0.2, -0.15) is 0 Å². The molecule has 0 aliphatic rings. The third-order valence-electron chi connectivity index (χ3n) is 3.22. The van der Waals surface area contributed by atoms with Crippen molar-refractivity contribution in [3.05, 3.63) is 10.4 Å². The molecule has 0 aliphatic carbocycles. The summed E-state index contributed by atoms with van der Waals surface area (Å²) in [6, 6.07) is 0. The van der Waals surface area contributed by atoms with E-state index in [1.807, 2.05) is 0 Å². The molecule has 0 aliphatic heterocycles. The van der Waals surface area contributed by atoms with Crippen molar-refractivity contribution in [2.45, 2.75) is 46.0 Å². The Bertz CT molecular complexity index is 497. The number of carbonyl (C=O) groups excluding carboxylic acids is 2. The first-order chi connectivity index (χ1) is 10.1.